The van der Waals surface area contributed by atoms with Crippen molar-refractivity contribution in [2.24, 2.45) is 5.92 Å². The zero-order valence-electron chi connectivity index (χ0n) is 14.4. The topological polar surface area (TPSA) is 64.6 Å². The largest absolute Gasteiger partial charge is 0.477 e. The Labute approximate surface area is 143 Å². The lowest BCUT2D eigenvalue weighted by molar-refractivity contribution is -0.134. The predicted octanol–water partition coefficient (Wildman–Crippen LogP) is 2.83. The van der Waals surface area contributed by atoms with Crippen molar-refractivity contribution in [1.82, 2.24) is 14.9 Å². The van der Waals surface area contributed by atoms with Gasteiger partial charge in [0.15, 0.2) is 0 Å². The summed E-state index contributed by atoms with van der Waals surface area (Å²) in [6.45, 7) is 1.46. The Bertz CT molecular complexity index is 546. The molecule has 1 aromatic rings. The van der Waals surface area contributed by atoms with Crippen LogP contribution >= 0.6 is 0 Å². The summed E-state index contributed by atoms with van der Waals surface area (Å²) in [5.74, 6) is 1.82. The van der Waals surface area contributed by atoms with Gasteiger partial charge in [0.05, 0.1) is 13.7 Å². The van der Waals surface area contributed by atoms with Crippen LogP contribution in [0.5, 0.6) is 11.8 Å². The Balaban J connectivity index is 1.50. The van der Waals surface area contributed by atoms with E-state index in [1.54, 1.807) is 19.5 Å². The molecule has 132 valence electrons. The SMILES string of the molecule is COc1nccnc1OC1CCCN(C(=O)CCC2CCCC2)C1. The Morgan fingerprint density at radius 1 is 1.17 bits per heavy atom. The number of hydrogen-bond acceptors (Lipinski definition) is 5. The average molecular weight is 333 g/mol. The molecule has 2 heterocycles. The number of likely N-dealkylation sites (tertiary alicyclic amines) is 1. The molecule has 6 nitrogen and oxygen atoms in total. The van der Waals surface area contributed by atoms with Crippen molar-refractivity contribution in [2.45, 2.75) is 57.5 Å². The molecule has 0 N–H and O–H groups in total. The van der Waals surface area contributed by atoms with E-state index in [0.717, 1.165) is 31.7 Å². The number of ether oxygens (including phenoxy) is 2. The lowest BCUT2D eigenvalue weighted by atomic mass is 10.0. The maximum atomic E-state index is 12.5. The first kappa shape index (κ1) is 17.0. The molecule has 1 aliphatic heterocycles. The molecular formula is C18H27N3O3. The van der Waals surface area contributed by atoms with Crippen molar-refractivity contribution in [2.75, 3.05) is 20.2 Å². The molecule has 1 saturated heterocycles. The van der Waals surface area contributed by atoms with Crippen LogP contribution in [-0.2, 0) is 4.79 Å². The molecule has 1 atom stereocenters. The molecule has 2 aliphatic rings. The van der Waals surface area contributed by atoms with Crippen LogP contribution in [0.4, 0.5) is 0 Å². The first-order valence-electron chi connectivity index (χ1n) is 9.05. The molecule has 1 unspecified atom stereocenters. The minimum absolute atomic E-state index is 0.0419. The number of piperidine rings is 1. The summed E-state index contributed by atoms with van der Waals surface area (Å²) in [6.07, 6.45) is 12.0. The highest BCUT2D eigenvalue weighted by Crippen LogP contribution is 2.29. The van der Waals surface area contributed by atoms with Crippen molar-refractivity contribution in [3.05, 3.63) is 12.4 Å². The predicted molar refractivity (Wildman–Crippen MR) is 90.0 cm³/mol. The molecule has 24 heavy (non-hydrogen) atoms. The van der Waals surface area contributed by atoms with Gasteiger partial charge in [-0.3, -0.25) is 4.79 Å². The summed E-state index contributed by atoms with van der Waals surface area (Å²) in [6, 6.07) is 0. The van der Waals surface area contributed by atoms with E-state index in [2.05, 4.69) is 9.97 Å². The van der Waals surface area contributed by atoms with Crippen LogP contribution in [0, 0.1) is 5.92 Å². The minimum Gasteiger partial charge on any atom is -0.477 e. The molecule has 0 radical (unpaired) electrons. The normalized spacial score (nSPS) is 21.7. The second kappa shape index (κ2) is 8.31. The number of methoxy groups -OCH3 is 1. The summed E-state index contributed by atoms with van der Waals surface area (Å²) in [5, 5.41) is 0. The molecule has 0 bridgehead atoms. The number of aromatic nitrogens is 2. The van der Waals surface area contributed by atoms with Crippen molar-refractivity contribution < 1.29 is 14.3 Å². The molecule has 0 spiro atoms. The fourth-order valence-electron chi connectivity index (χ4n) is 3.74. The van der Waals surface area contributed by atoms with Gasteiger partial charge >= 0.3 is 0 Å². The number of nitrogens with zero attached hydrogens (tertiary/aromatic N) is 3. The minimum atomic E-state index is -0.0419. The highest BCUT2D eigenvalue weighted by Gasteiger charge is 2.27. The molecule has 6 heteroatoms. The third-order valence-electron chi connectivity index (χ3n) is 5.08. The van der Waals surface area contributed by atoms with Crippen LogP contribution in [-0.4, -0.2) is 47.1 Å². The van der Waals surface area contributed by atoms with E-state index in [0.29, 0.717) is 24.7 Å². The maximum absolute atomic E-state index is 12.5. The van der Waals surface area contributed by atoms with Crippen molar-refractivity contribution in [3.63, 3.8) is 0 Å². The molecule has 2 fully saturated rings. The van der Waals surface area contributed by atoms with E-state index in [9.17, 15) is 4.79 Å². The molecular weight excluding hydrogens is 306 g/mol. The zero-order valence-corrected chi connectivity index (χ0v) is 14.4. The van der Waals surface area contributed by atoms with Gasteiger partial charge in [-0.2, -0.15) is 0 Å². The number of carbonyl (C=O) groups is 1. The Kier molecular flexibility index (Phi) is 5.88. The van der Waals surface area contributed by atoms with Crippen molar-refractivity contribution in [3.8, 4) is 11.8 Å². The van der Waals surface area contributed by atoms with Gasteiger partial charge in [-0.05, 0) is 25.2 Å². The summed E-state index contributed by atoms with van der Waals surface area (Å²) >= 11 is 0. The molecule has 3 rings (SSSR count). The third kappa shape index (κ3) is 4.36. The monoisotopic (exact) mass is 333 g/mol. The molecule has 0 aromatic carbocycles. The van der Waals surface area contributed by atoms with Crippen LogP contribution in [0.2, 0.25) is 0 Å². The van der Waals surface area contributed by atoms with Gasteiger partial charge in [0.2, 0.25) is 5.91 Å². The quantitative estimate of drug-likeness (QED) is 0.801. The van der Waals surface area contributed by atoms with Crippen molar-refractivity contribution >= 4 is 5.91 Å². The average Bonchev–Trinajstić information content (AvgIpc) is 3.14. The van der Waals surface area contributed by atoms with Gasteiger partial charge in [-0.1, -0.05) is 25.7 Å². The van der Waals surface area contributed by atoms with E-state index in [4.69, 9.17) is 9.47 Å². The third-order valence-corrected chi connectivity index (χ3v) is 5.08. The van der Waals surface area contributed by atoms with Crippen LogP contribution in [0.1, 0.15) is 51.4 Å². The Morgan fingerprint density at radius 3 is 2.67 bits per heavy atom. The summed E-state index contributed by atoms with van der Waals surface area (Å²) in [7, 11) is 1.55. The summed E-state index contributed by atoms with van der Waals surface area (Å²) in [4.78, 5) is 22.7. The summed E-state index contributed by atoms with van der Waals surface area (Å²) < 4.78 is 11.1. The summed E-state index contributed by atoms with van der Waals surface area (Å²) in [5.41, 5.74) is 0. The lowest BCUT2D eigenvalue weighted by Crippen LogP contribution is -2.44. The van der Waals surface area contributed by atoms with Gasteiger partial charge in [-0.25, -0.2) is 9.97 Å². The van der Waals surface area contributed by atoms with Gasteiger partial charge in [0.25, 0.3) is 11.8 Å². The smallest absolute Gasteiger partial charge is 0.278 e. The molecule has 1 amide bonds. The number of hydrogen-bond donors (Lipinski definition) is 0. The lowest BCUT2D eigenvalue weighted by Gasteiger charge is -2.33. The van der Waals surface area contributed by atoms with Crippen LogP contribution in [0.15, 0.2) is 12.4 Å². The van der Waals surface area contributed by atoms with E-state index >= 15 is 0 Å². The second-order valence-electron chi connectivity index (χ2n) is 6.78. The van der Waals surface area contributed by atoms with Gasteiger partial charge in [0, 0.05) is 25.4 Å². The van der Waals surface area contributed by atoms with Crippen LogP contribution < -0.4 is 9.47 Å². The van der Waals surface area contributed by atoms with Crippen LogP contribution in [0.3, 0.4) is 0 Å². The second-order valence-corrected chi connectivity index (χ2v) is 6.78. The van der Waals surface area contributed by atoms with E-state index in [1.165, 1.54) is 25.7 Å². The van der Waals surface area contributed by atoms with Crippen molar-refractivity contribution in [1.29, 1.82) is 0 Å². The number of rotatable bonds is 6. The first-order valence-corrected chi connectivity index (χ1v) is 9.05. The molecule has 1 aliphatic carbocycles. The number of carbonyl (C=O) groups excluding carboxylic acids is 1. The van der Waals surface area contributed by atoms with Gasteiger partial charge in [-0.15, -0.1) is 0 Å². The van der Waals surface area contributed by atoms with E-state index in [1.807, 2.05) is 4.90 Å². The number of amides is 1. The highest BCUT2D eigenvalue weighted by atomic mass is 16.5. The standard InChI is InChI=1S/C18H27N3O3/c1-23-17-18(20-11-10-19-17)24-15-7-4-12-21(13-15)16(22)9-8-14-5-2-3-6-14/h10-11,14-15H,2-9,12-13H2,1H3. The first-order chi connectivity index (χ1) is 11.8. The van der Waals surface area contributed by atoms with E-state index < -0.39 is 0 Å². The molecule has 1 aromatic heterocycles. The Hall–Kier alpha value is -1.85. The van der Waals surface area contributed by atoms with E-state index in [-0.39, 0.29) is 12.0 Å². The van der Waals surface area contributed by atoms with Gasteiger partial charge < -0.3 is 14.4 Å². The van der Waals surface area contributed by atoms with Gasteiger partial charge in [0.1, 0.15) is 6.10 Å². The highest BCUT2D eigenvalue weighted by molar-refractivity contribution is 5.76. The maximum Gasteiger partial charge on any atom is 0.278 e. The Morgan fingerprint density at radius 2 is 1.92 bits per heavy atom. The van der Waals surface area contributed by atoms with Crippen LogP contribution in [0.25, 0.3) is 0 Å². The molecule has 1 saturated carbocycles. The zero-order chi connectivity index (χ0) is 16.8. The fourth-order valence-corrected chi connectivity index (χ4v) is 3.74. The fraction of sp³-hybridized carbons (Fsp3) is 0.722.